The first kappa shape index (κ1) is 16.7. The van der Waals surface area contributed by atoms with E-state index in [-0.39, 0.29) is 10.9 Å². The molecule has 0 saturated heterocycles. The molecule has 126 valence electrons. The fourth-order valence-corrected chi connectivity index (χ4v) is 3.65. The number of amides is 1. The Kier molecular flexibility index (Phi) is 4.47. The van der Waals surface area contributed by atoms with E-state index in [1.165, 1.54) is 18.3 Å². The van der Waals surface area contributed by atoms with Crippen LogP contribution in [0.2, 0.25) is 5.02 Å². The Balaban J connectivity index is 1.71. The van der Waals surface area contributed by atoms with Crippen LogP contribution in [0.4, 0.5) is 0 Å². The van der Waals surface area contributed by atoms with Crippen LogP contribution in [0.1, 0.15) is 17.9 Å². The van der Waals surface area contributed by atoms with Gasteiger partial charge in [0, 0.05) is 12.1 Å². The van der Waals surface area contributed by atoms with Crippen molar-refractivity contribution >= 4 is 27.5 Å². The minimum Gasteiger partial charge on any atom is -0.496 e. The van der Waals surface area contributed by atoms with Crippen LogP contribution in [0.25, 0.3) is 0 Å². The smallest absolute Gasteiger partial charge is 0.281 e. The van der Waals surface area contributed by atoms with Crippen LogP contribution in [0.5, 0.6) is 5.75 Å². The number of hydrogen-bond donors (Lipinski definition) is 1. The molecule has 2 unspecified atom stereocenters. The molecule has 1 aliphatic rings. The summed E-state index contributed by atoms with van der Waals surface area (Å²) in [4.78, 5) is 16.0. The van der Waals surface area contributed by atoms with Crippen molar-refractivity contribution in [2.24, 2.45) is 5.92 Å². The summed E-state index contributed by atoms with van der Waals surface area (Å²) in [5, 5.41) is 0.0773. The molecule has 8 heteroatoms. The summed E-state index contributed by atoms with van der Waals surface area (Å²) in [6, 6.07) is 10.1. The van der Waals surface area contributed by atoms with E-state index in [2.05, 4.69) is 9.71 Å². The predicted molar refractivity (Wildman–Crippen MR) is 88.4 cm³/mol. The zero-order chi connectivity index (χ0) is 17.3. The number of carbonyl (C=O) groups excluding carboxylic acids is 1. The van der Waals surface area contributed by atoms with Crippen molar-refractivity contribution in [1.82, 2.24) is 9.71 Å². The fourth-order valence-electron chi connectivity index (χ4n) is 2.58. The van der Waals surface area contributed by atoms with Crippen molar-refractivity contribution in [3.05, 3.63) is 53.2 Å². The van der Waals surface area contributed by atoms with Crippen molar-refractivity contribution in [1.29, 1.82) is 0 Å². The summed E-state index contributed by atoms with van der Waals surface area (Å²) in [5.74, 6) is -0.291. The Morgan fingerprint density at radius 3 is 2.71 bits per heavy atom. The molecule has 6 nitrogen and oxygen atoms in total. The van der Waals surface area contributed by atoms with Crippen LogP contribution < -0.4 is 9.46 Å². The van der Waals surface area contributed by atoms with Gasteiger partial charge < -0.3 is 4.74 Å². The number of para-hydroxylation sites is 1. The van der Waals surface area contributed by atoms with Crippen molar-refractivity contribution in [2.75, 3.05) is 7.11 Å². The first-order valence-corrected chi connectivity index (χ1v) is 9.09. The van der Waals surface area contributed by atoms with Gasteiger partial charge in [-0.3, -0.25) is 4.79 Å². The third kappa shape index (κ3) is 3.37. The highest BCUT2D eigenvalue weighted by Crippen LogP contribution is 2.50. The third-order valence-corrected chi connectivity index (χ3v) is 5.36. The molecule has 24 heavy (non-hydrogen) atoms. The average molecular weight is 367 g/mol. The molecule has 0 bridgehead atoms. The van der Waals surface area contributed by atoms with E-state index in [9.17, 15) is 13.2 Å². The fraction of sp³-hybridized carbons (Fsp3) is 0.250. The molecule has 1 aliphatic carbocycles. The summed E-state index contributed by atoms with van der Waals surface area (Å²) in [6.45, 7) is 0. The van der Waals surface area contributed by atoms with E-state index in [4.69, 9.17) is 16.3 Å². The zero-order valence-corrected chi connectivity index (χ0v) is 14.3. The molecule has 0 radical (unpaired) electrons. The van der Waals surface area contributed by atoms with Gasteiger partial charge in [-0.25, -0.2) is 9.71 Å². The first-order chi connectivity index (χ1) is 11.4. The Bertz CT molecular complexity index is 868. The summed E-state index contributed by atoms with van der Waals surface area (Å²) < 4.78 is 31.7. The lowest BCUT2D eigenvalue weighted by atomic mass is 10.1. The normalized spacial score (nSPS) is 19.6. The monoisotopic (exact) mass is 366 g/mol. The highest BCUT2D eigenvalue weighted by atomic mass is 35.5. The molecule has 1 heterocycles. The maximum Gasteiger partial charge on any atom is 0.281 e. The SMILES string of the molecule is COc1ccccc1C1CC1C(=O)NS(=O)(=O)c1ccc(Cl)cn1. The summed E-state index contributed by atoms with van der Waals surface area (Å²) in [5.41, 5.74) is 0.905. The van der Waals surface area contributed by atoms with Crippen molar-refractivity contribution in [3.8, 4) is 5.75 Å². The Morgan fingerprint density at radius 2 is 2.04 bits per heavy atom. The lowest BCUT2D eigenvalue weighted by molar-refractivity contribution is -0.120. The molecule has 1 saturated carbocycles. The number of carbonyl (C=O) groups is 1. The van der Waals surface area contributed by atoms with Crippen LogP contribution in [0.15, 0.2) is 47.6 Å². The van der Waals surface area contributed by atoms with E-state index < -0.39 is 21.8 Å². The number of sulfonamides is 1. The van der Waals surface area contributed by atoms with Crippen LogP contribution in [0, 0.1) is 5.92 Å². The van der Waals surface area contributed by atoms with Crippen molar-refractivity contribution < 1.29 is 17.9 Å². The molecular weight excluding hydrogens is 352 g/mol. The van der Waals surface area contributed by atoms with Crippen LogP contribution in [-0.4, -0.2) is 26.4 Å². The van der Waals surface area contributed by atoms with E-state index in [1.54, 1.807) is 7.11 Å². The molecule has 1 aromatic heterocycles. The summed E-state index contributed by atoms with van der Waals surface area (Å²) in [7, 11) is -2.44. The van der Waals surface area contributed by atoms with Gasteiger partial charge in [0.25, 0.3) is 10.0 Å². The quantitative estimate of drug-likeness (QED) is 0.877. The molecule has 1 amide bonds. The first-order valence-electron chi connectivity index (χ1n) is 7.23. The van der Waals surface area contributed by atoms with Gasteiger partial charge in [-0.05, 0) is 36.1 Å². The average Bonchev–Trinajstić information content (AvgIpc) is 3.35. The molecule has 1 N–H and O–H groups in total. The molecular formula is C16H15ClN2O4S. The van der Waals surface area contributed by atoms with Gasteiger partial charge in [-0.1, -0.05) is 29.8 Å². The van der Waals surface area contributed by atoms with Gasteiger partial charge in [0.15, 0.2) is 5.03 Å². The number of hydrogen-bond acceptors (Lipinski definition) is 5. The number of pyridine rings is 1. The third-order valence-electron chi connectivity index (χ3n) is 3.88. The molecule has 0 spiro atoms. The van der Waals surface area contributed by atoms with Crippen molar-refractivity contribution in [2.45, 2.75) is 17.4 Å². The maximum absolute atomic E-state index is 12.3. The largest absolute Gasteiger partial charge is 0.496 e. The maximum atomic E-state index is 12.3. The number of nitrogens with zero attached hydrogens (tertiary/aromatic N) is 1. The van der Waals surface area contributed by atoms with Gasteiger partial charge in [0.2, 0.25) is 5.91 Å². The molecule has 2 aromatic rings. The Morgan fingerprint density at radius 1 is 1.29 bits per heavy atom. The number of aromatic nitrogens is 1. The predicted octanol–water partition coefficient (Wildman–Crippen LogP) is 2.35. The molecule has 2 atom stereocenters. The standard InChI is InChI=1S/C16H15ClN2O4S/c1-23-14-5-3-2-4-11(14)12-8-13(12)16(20)19-24(21,22)15-7-6-10(17)9-18-15/h2-7,9,12-13H,8H2,1H3,(H,19,20). The minimum atomic E-state index is -4.00. The number of methoxy groups -OCH3 is 1. The molecule has 1 aromatic carbocycles. The second-order valence-electron chi connectivity index (χ2n) is 5.48. The molecule has 0 aliphatic heterocycles. The summed E-state index contributed by atoms with van der Waals surface area (Å²) >= 11 is 5.69. The van der Waals surface area contributed by atoms with E-state index >= 15 is 0 Å². The topological polar surface area (TPSA) is 85.4 Å². The van der Waals surface area contributed by atoms with E-state index in [0.29, 0.717) is 17.2 Å². The molecule has 3 rings (SSSR count). The number of nitrogens with one attached hydrogen (secondary N) is 1. The minimum absolute atomic E-state index is 0.0467. The summed E-state index contributed by atoms with van der Waals surface area (Å²) in [6.07, 6.45) is 1.80. The second-order valence-corrected chi connectivity index (χ2v) is 7.54. The number of ether oxygens (including phenoxy) is 1. The lowest BCUT2D eigenvalue weighted by Crippen LogP contribution is -2.32. The number of halogens is 1. The number of benzene rings is 1. The van der Waals surface area contributed by atoms with Crippen LogP contribution in [0.3, 0.4) is 0 Å². The van der Waals surface area contributed by atoms with Crippen LogP contribution in [-0.2, 0) is 14.8 Å². The number of rotatable bonds is 5. The highest BCUT2D eigenvalue weighted by Gasteiger charge is 2.46. The van der Waals surface area contributed by atoms with E-state index in [1.807, 2.05) is 24.3 Å². The van der Waals surface area contributed by atoms with Gasteiger partial charge in [0.05, 0.1) is 12.1 Å². The second kappa shape index (κ2) is 6.41. The highest BCUT2D eigenvalue weighted by molar-refractivity contribution is 7.90. The Labute approximate surface area is 144 Å². The van der Waals surface area contributed by atoms with Gasteiger partial charge in [-0.2, -0.15) is 8.42 Å². The Hall–Kier alpha value is -2.12. The van der Waals surface area contributed by atoms with Gasteiger partial charge in [0.1, 0.15) is 5.75 Å². The lowest BCUT2D eigenvalue weighted by Gasteiger charge is -2.08. The van der Waals surface area contributed by atoms with Crippen molar-refractivity contribution in [3.63, 3.8) is 0 Å². The van der Waals surface area contributed by atoms with Crippen LogP contribution >= 0.6 is 11.6 Å². The van der Waals surface area contributed by atoms with Gasteiger partial charge in [-0.15, -0.1) is 0 Å². The zero-order valence-electron chi connectivity index (χ0n) is 12.8. The van der Waals surface area contributed by atoms with E-state index in [0.717, 1.165) is 5.56 Å². The molecule has 1 fully saturated rings. The van der Waals surface area contributed by atoms with Gasteiger partial charge >= 0.3 is 0 Å².